The molecular formula is C22H17ClN2O. The average molecular weight is 361 g/mol. The summed E-state index contributed by atoms with van der Waals surface area (Å²) in [6.07, 6.45) is 0. The molecule has 1 aromatic heterocycles. The van der Waals surface area contributed by atoms with Gasteiger partial charge in [-0.3, -0.25) is 0 Å². The summed E-state index contributed by atoms with van der Waals surface area (Å²) in [5.74, 6) is 1.34. The summed E-state index contributed by atoms with van der Waals surface area (Å²) in [6, 6.07) is 21.7. The van der Waals surface area contributed by atoms with Gasteiger partial charge in [0.25, 0.3) is 0 Å². The van der Waals surface area contributed by atoms with Crippen LogP contribution in [0.3, 0.4) is 0 Å². The van der Waals surface area contributed by atoms with Crippen molar-refractivity contribution in [3.8, 4) is 22.9 Å². The van der Waals surface area contributed by atoms with Crippen LogP contribution in [-0.2, 0) is 0 Å². The van der Waals surface area contributed by atoms with Gasteiger partial charge in [-0.05, 0) is 43.2 Å². The molecule has 0 spiro atoms. The van der Waals surface area contributed by atoms with Gasteiger partial charge in [-0.2, -0.15) is 0 Å². The topological polar surface area (TPSA) is 35.0 Å². The third-order valence-corrected chi connectivity index (χ3v) is 4.63. The van der Waals surface area contributed by atoms with Crippen molar-refractivity contribution in [2.24, 2.45) is 0 Å². The molecule has 4 aromatic rings. The van der Waals surface area contributed by atoms with E-state index in [1.807, 2.05) is 80.6 Å². The van der Waals surface area contributed by atoms with E-state index in [2.05, 4.69) is 10.2 Å². The lowest BCUT2D eigenvalue weighted by Gasteiger charge is -2.13. The molecule has 0 amide bonds. The summed E-state index contributed by atoms with van der Waals surface area (Å²) in [5, 5.41) is 11.4. The van der Waals surface area contributed by atoms with Gasteiger partial charge in [-0.15, -0.1) is 10.2 Å². The summed E-state index contributed by atoms with van der Waals surface area (Å²) in [6.45, 7) is 4.06. The quantitative estimate of drug-likeness (QED) is 0.426. The molecular weight excluding hydrogens is 344 g/mol. The Morgan fingerprint density at radius 2 is 1.38 bits per heavy atom. The zero-order valence-electron chi connectivity index (χ0n) is 14.5. The van der Waals surface area contributed by atoms with Crippen molar-refractivity contribution in [1.29, 1.82) is 0 Å². The van der Waals surface area contributed by atoms with Gasteiger partial charge in [-0.25, -0.2) is 0 Å². The number of para-hydroxylation sites is 1. The first-order chi connectivity index (χ1) is 12.6. The van der Waals surface area contributed by atoms with Crippen molar-refractivity contribution in [2.75, 3.05) is 0 Å². The fourth-order valence-electron chi connectivity index (χ4n) is 3.03. The van der Waals surface area contributed by atoms with Crippen LogP contribution in [0.4, 0.5) is 0 Å². The van der Waals surface area contributed by atoms with Crippen molar-refractivity contribution in [2.45, 2.75) is 13.8 Å². The molecule has 0 N–H and O–H groups in total. The second-order valence-electron chi connectivity index (χ2n) is 6.23. The number of halogens is 1. The van der Waals surface area contributed by atoms with Crippen LogP contribution >= 0.6 is 11.6 Å². The SMILES string of the molecule is Cc1cccc(C)c1Oc1nnc(-c2ccc(Cl)cc2)c2ccccc12. The fraction of sp³-hybridized carbons (Fsp3) is 0.0909. The number of ether oxygens (including phenoxy) is 1. The molecule has 128 valence electrons. The molecule has 0 unspecified atom stereocenters. The molecule has 0 radical (unpaired) electrons. The van der Waals surface area contributed by atoms with Crippen molar-refractivity contribution < 1.29 is 4.74 Å². The highest BCUT2D eigenvalue weighted by Crippen LogP contribution is 2.35. The lowest BCUT2D eigenvalue weighted by Crippen LogP contribution is -1.98. The molecule has 4 heteroatoms. The third kappa shape index (κ3) is 3.02. The number of fused-ring (bicyclic) bond motifs is 1. The van der Waals surface area contributed by atoms with Gasteiger partial charge < -0.3 is 4.74 Å². The lowest BCUT2D eigenvalue weighted by atomic mass is 10.0. The highest BCUT2D eigenvalue weighted by atomic mass is 35.5. The van der Waals surface area contributed by atoms with Crippen molar-refractivity contribution >= 4 is 22.4 Å². The standard InChI is InChI=1S/C22H17ClN2O/c1-14-6-5-7-15(2)21(14)26-22-19-9-4-3-8-18(19)20(24-25-22)16-10-12-17(23)13-11-16/h3-13H,1-2H3. The minimum atomic E-state index is 0.510. The number of benzene rings is 3. The van der Waals surface area contributed by atoms with E-state index in [-0.39, 0.29) is 0 Å². The van der Waals surface area contributed by atoms with Gasteiger partial charge in [0.15, 0.2) is 0 Å². The molecule has 3 aromatic carbocycles. The number of nitrogens with zero attached hydrogens (tertiary/aromatic N) is 2. The Morgan fingerprint density at radius 3 is 2.08 bits per heavy atom. The monoisotopic (exact) mass is 360 g/mol. The molecule has 0 saturated heterocycles. The Labute approximate surface area is 157 Å². The highest BCUT2D eigenvalue weighted by molar-refractivity contribution is 6.30. The number of rotatable bonds is 3. The van der Waals surface area contributed by atoms with Gasteiger partial charge in [0, 0.05) is 21.4 Å². The lowest BCUT2D eigenvalue weighted by molar-refractivity contribution is 0.455. The van der Waals surface area contributed by atoms with E-state index < -0.39 is 0 Å². The summed E-state index contributed by atoms with van der Waals surface area (Å²) in [4.78, 5) is 0. The predicted molar refractivity (Wildman–Crippen MR) is 106 cm³/mol. The smallest absolute Gasteiger partial charge is 0.246 e. The maximum Gasteiger partial charge on any atom is 0.246 e. The summed E-state index contributed by atoms with van der Waals surface area (Å²) < 4.78 is 6.17. The van der Waals surface area contributed by atoms with Crippen LogP contribution in [0.25, 0.3) is 22.0 Å². The van der Waals surface area contributed by atoms with Crippen LogP contribution in [-0.4, -0.2) is 10.2 Å². The Hall–Kier alpha value is -2.91. The molecule has 0 aliphatic heterocycles. The first kappa shape index (κ1) is 16.6. The zero-order valence-corrected chi connectivity index (χ0v) is 15.3. The molecule has 1 heterocycles. The maximum atomic E-state index is 6.17. The molecule has 4 rings (SSSR count). The molecule has 26 heavy (non-hydrogen) atoms. The zero-order chi connectivity index (χ0) is 18.1. The van der Waals surface area contributed by atoms with E-state index in [9.17, 15) is 0 Å². The van der Waals surface area contributed by atoms with Crippen LogP contribution in [0, 0.1) is 13.8 Å². The average Bonchev–Trinajstić information content (AvgIpc) is 2.66. The second-order valence-corrected chi connectivity index (χ2v) is 6.67. The van der Waals surface area contributed by atoms with Crippen molar-refractivity contribution in [1.82, 2.24) is 10.2 Å². The minimum Gasteiger partial charge on any atom is -0.436 e. The van der Waals surface area contributed by atoms with E-state index in [4.69, 9.17) is 16.3 Å². The Kier molecular flexibility index (Phi) is 4.31. The molecule has 0 aliphatic rings. The normalized spacial score (nSPS) is 10.9. The third-order valence-electron chi connectivity index (χ3n) is 4.38. The Balaban J connectivity index is 1.86. The maximum absolute atomic E-state index is 6.17. The predicted octanol–water partition coefficient (Wildman–Crippen LogP) is 6.36. The van der Waals surface area contributed by atoms with Crippen LogP contribution in [0.1, 0.15) is 11.1 Å². The summed E-state index contributed by atoms with van der Waals surface area (Å²) >= 11 is 6.01. The molecule has 0 saturated carbocycles. The van der Waals surface area contributed by atoms with Gasteiger partial charge in [0.1, 0.15) is 11.4 Å². The van der Waals surface area contributed by atoms with Gasteiger partial charge in [0.05, 0.1) is 0 Å². The van der Waals surface area contributed by atoms with E-state index >= 15 is 0 Å². The Bertz CT molecular complexity index is 1070. The molecule has 0 atom stereocenters. The Morgan fingerprint density at radius 1 is 0.731 bits per heavy atom. The van der Waals surface area contributed by atoms with Crippen molar-refractivity contribution in [3.63, 3.8) is 0 Å². The van der Waals surface area contributed by atoms with E-state index in [1.54, 1.807) is 0 Å². The highest BCUT2D eigenvalue weighted by Gasteiger charge is 2.14. The number of hydrogen-bond donors (Lipinski definition) is 0. The van der Waals surface area contributed by atoms with E-state index in [1.165, 1.54) is 0 Å². The minimum absolute atomic E-state index is 0.510. The largest absolute Gasteiger partial charge is 0.436 e. The summed E-state index contributed by atoms with van der Waals surface area (Å²) in [5.41, 5.74) is 3.91. The van der Waals surface area contributed by atoms with E-state index in [0.29, 0.717) is 10.9 Å². The second kappa shape index (κ2) is 6.77. The summed E-state index contributed by atoms with van der Waals surface area (Å²) in [7, 11) is 0. The van der Waals surface area contributed by atoms with Crippen LogP contribution in [0.15, 0.2) is 66.7 Å². The number of hydrogen-bond acceptors (Lipinski definition) is 3. The molecule has 3 nitrogen and oxygen atoms in total. The van der Waals surface area contributed by atoms with Gasteiger partial charge >= 0.3 is 0 Å². The van der Waals surface area contributed by atoms with Crippen molar-refractivity contribution in [3.05, 3.63) is 82.9 Å². The fourth-order valence-corrected chi connectivity index (χ4v) is 3.16. The van der Waals surface area contributed by atoms with Gasteiger partial charge in [-0.1, -0.05) is 60.1 Å². The van der Waals surface area contributed by atoms with Crippen LogP contribution in [0.5, 0.6) is 11.6 Å². The number of aryl methyl sites for hydroxylation is 2. The molecule has 0 fully saturated rings. The van der Waals surface area contributed by atoms with E-state index in [0.717, 1.165) is 38.9 Å². The van der Waals surface area contributed by atoms with Gasteiger partial charge in [0.2, 0.25) is 5.88 Å². The molecule has 0 aliphatic carbocycles. The van der Waals surface area contributed by atoms with Crippen LogP contribution in [0.2, 0.25) is 5.02 Å². The van der Waals surface area contributed by atoms with Crippen LogP contribution < -0.4 is 4.74 Å². The first-order valence-electron chi connectivity index (χ1n) is 8.39. The number of aromatic nitrogens is 2. The molecule has 0 bridgehead atoms. The first-order valence-corrected chi connectivity index (χ1v) is 8.77.